The van der Waals surface area contributed by atoms with Crippen molar-refractivity contribution in [1.29, 1.82) is 0 Å². The van der Waals surface area contributed by atoms with Gasteiger partial charge in [-0.2, -0.15) is 0 Å². The molecule has 0 radical (unpaired) electrons. The van der Waals surface area contributed by atoms with Crippen LogP contribution in [0.5, 0.6) is 0 Å². The highest BCUT2D eigenvalue weighted by molar-refractivity contribution is 14.0. The van der Waals surface area contributed by atoms with Gasteiger partial charge in [0, 0.05) is 53.4 Å². The number of nitrogens with one attached hydrogen (secondary N) is 2. The molecule has 0 spiro atoms. The summed E-state index contributed by atoms with van der Waals surface area (Å²) >= 11 is 0. The molecular weight excluding hydrogens is 469 g/mol. The third-order valence-electron chi connectivity index (χ3n) is 4.39. The van der Waals surface area contributed by atoms with Crippen molar-refractivity contribution in [2.45, 2.75) is 0 Å². The zero-order valence-corrected chi connectivity index (χ0v) is 19.1. The van der Waals surface area contributed by atoms with E-state index < -0.39 is 0 Å². The number of hydrogen-bond acceptors (Lipinski definition) is 4. The van der Waals surface area contributed by atoms with Crippen molar-refractivity contribution < 1.29 is 9.53 Å². The number of hydrogen-bond donors (Lipinski definition) is 2. The quantitative estimate of drug-likeness (QED) is 0.243. The topological polar surface area (TPSA) is 69.2 Å². The van der Waals surface area contributed by atoms with Gasteiger partial charge in [-0.05, 0) is 5.56 Å². The highest BCUT2D eigenvalue weighted by Gasteiger charge is 2.19. The first-order valence-electron chi connectivity index (χ1n) is 9.38. The van der Waals surface area contributed by atoms with E-state index >= 15 is 0 Å². The standard InChI is InChI=1S/C20H31N5O2.HI/c1-21-20(23-17-19(26)22-10-16-27-2)25-14-12-24(13-15-25)11-6-9-18-7-4-3-5-8-18;/h3-9H,10-17H2,1-2H3,(H,21,23)(H,22,26);1H. The van der Waals surface area contributed by atoms with Gasteiger partial charge in [-0.1, -0.05) is 42.5 Å². The maximum atomic E-state index is 11.8. The van der Waals surface area contributed by atoms with Gasteiger partial charge in [0.25, 0.3) is 0 Å². The summed E-state index contributed by atoms with van der Waals surface area (Å²) in [5, 5.41) is 5.93. The van der Waals surface area contributed by atoms with E-state index in [2.05, 4.69) is 61.8 Å². The lowest BCUT2D eigenvalue weighted by atomic mass is 10.2. The lowest BCUT2D eigenvalue weighted by molar-refractivity contribution is -0.120. The van der Waals surface area contributed by atoms with Gasteiger partial charge >= 0.3 is 0 Å². The molecule has 0 atom stereocenters. The number of aliphatic imine (C=N–C) groups is 1. The van der Waals surface area contributed by atoms with Crippen LogP contribution in [0.3, 0.4) is 0 Å². The predicted octanol–water partition coefficient (Wildman–Crippen LogP) is 1.27. The van der Waals surface area contributed by atoms with Gasteiger partial charge in [-0.15, -0.1) is 24.0 Å². The molecule has 1 aliphatic heterocycles. The highest BCUT2D eigenvalue weighted by Crippen LogP contribution is 2.05. The van der Waals surface area contributed by atoms with Gasteiger partial charge in [0.1, 0.15) is 0 Å². The molecule has 1 heterocycles. The summed E-state index contributed by atoms with van der Waals surface area (Å²) in [7, 11) is 3.36. The molecule has 2 N–H and O–H groups in total. The van der Waals surface area contributed by atoms with Crippen LogP contribution in [-0.4, -0.2) is 88.2 Å². The summed E-state index contributed by atoms with van der Waals surface area (Å²) in [6.45, 7) is 5.92. The molecule has 1 aromatic carbocycles. The van der Waals surface area contributed by atoms with Gasteiger partial charge < -0.3 is 20.3 Å². The van der Waals surface area contributed by atoms with Crippen molar-refractivity contribution in [2.75, 3.05) is 66.6 Å². The van der Waals surface area contributed by atoms with E-state index in [1.54, 1.807) is 14.2 Å². The van der Waals surface area contributed by atoms with Gasteiger partial charge in [0.2, 0.25) is 5.91 Å². The number of carbonyl (C=O) groups is 1. The van der Waals surface area contributed by atoms with Crippen LogP contribution in [-0.2, 0) is 9.53 Å². The molecule has 28 heavy (non-hydrogen) atoms. The van der Waals surface area contributed by atoms with Crippen LogP contribution in [0.2, 0.25) is 0 Å². The number of guanidine groups is 1. The van der Waals surface area contributed by atoms with Crippen molar-refractivity contribution in [1.82, 2.24) is 20.4 Å². The summed E-state index contributed by atoms with van der Waals surface area (Å²) in [5.41, 5.74) is 1.23. The van der Waals surface area contributed by atoms with E-state index in [0.717, 1.165) is 38.7 Å². The van der Waals surface area contributed by atoms with Crippen molar-refractivity contribution in [3.8, 4) is 0 Å². The number of piperazine rings is 1. The molecule has 0 aromatic heterocycles. The SMILES string of the molecule is CN=C(NCC(=O)NCCOC)N1CCN(CC=Cc2ccccc2)CC1.I. The Balaban J connectivity index is 0.00000392. The average molecular weight is 501 g/mol. The van der Waals surface area contributed by atoms with E-state index in [4.69, 9.17) is 4.74 Å². The Bertz CT molecular complexity index is 616. The van der Waals surface area contributed by atoms with Crippen LogP contribution >= 0.6 is 24.0 Å². The zero-order chi connectivity index (χ0) is 19.3. The molecule has 1 fully saturated rings. The largest absolute Gasteiger partial charge is 0.383 e. The monoisotopic (exact) mass is 501 g/mol. The molecule has 1 aromatic rings. The Morgan fingerprint density at radius 1 is 1.18 bits per heavy atom. The van der Waals surface area contributed by atoms with Crippen molar-refractivity contribution in [2.24, 2.45) is 4.99 Å². The van der Waals surface area contributed by atoms with E-state index in [1.165, 1.54) is 5.56 Å². The molecule has 156 valence electrons. The predicted molar refractivity (Wildman–Crippen MR) is 125 cm³/mol. The Morgan fingerprint density at radius 3 is 2.54 bits per heavy atom. The smallest absolute Gasteiger partial charge is 0.239 e. The van der Waals surface area contributed by atoms with Crippen molar-refractivity contribution >= 4 is 41.9 Å². The maximum Gasteiger partial charge on any atom is 0.239 e. The molecular formula is C20H32IN5O2. The lowest BCUT2D eigenvalue weighted by Gasteiger charge is -2.36. The molecule has 2 rings (SSSR count). The fourth-order valence-electron chi connectivity index (χ4n) is 2.89. The Morgan fingerprint density at radius 2 is 1.89 bits per heavy atom. The summed E-state index contributed by atoms with van der Waals surface area (Å²) in [6, 6.07) is 10.3. The van der Waals surface area contributed by atoms with E-state index in [-0.39, 0.29) is 36.4 Å². The second-order valence-corrected chi connectivity index (χ2v) is 6.34. The minimum atomic E-state index is -0.0575. The molecule has 1 saturated heterocycles. The first kappa shape index (κ1) is 24.4. The number of halogens is 1. The highest BCUT2D eigenvalue weighted by atomic mass is 127. The fraction of sp³-hybridized carbons (Fsp3) is 0.500. The fourth-order valence-corrected chi connectivity index (χ4v) is 2.89. The minimum Gasteiger partial charge on any atom is -0.383 e. The van der Waals surface area contributed by atoms with Gasteiger partial charge in [0.05, 0.1) is 13.2 Å². The van der Waals surface area contributed by atoms with Crippen molar-refractivity contribution in [3.63, 3.8) is 0 Å². The van der Waals surface area contributed by atoms with Gasteiger partial charge in [-0.25, -0.2) is 0 Å². The summed E-state index contributed by atoms with van der Waals surface area (Å²) in [6.07, 6.45) is 4.37. The molecule has 0 aliphatic carbocycles. The minimum absolute atomic E-state index is 0. The van der Waals surface area contributed by atoms with Crippen LogP contribution in [0.1, 0.15) is 5.56 Å². The number of benzene rings is 1. The first-order chi connectivity index (χ1) is 13.2. The van der Waals surface area contributed by atoms with Gasteiger partial charge in [0.15, 0.2) is 5.96 Å². The number of methoxy groups -OCH3 is 1. The lowest BCUT2D eigenvalue weighted by Crippen LogP contribution is -2.53. The number of nitrogens with zero attached hydrogens (tertiary/aromatic N) is 3. The Kier molecular flexibility index (Phi) is 12.5. The first-order valence-corrected chi connectivity index (χ1v) is 9.38. The number of amides is 1. The van der Waals surface area contributed by atoms with Crippen molar-refractivity contribution in [3.05, 3.63) is 42.0 Å². The number of carbonyl (C=O) groups excluding carboxylic acids is 1. The average Bonchev–Trinajstić information content (AvgIpc) is 2.70. The second-order valence-electron chi connectivity index (χ2n) is 6.34. The Hall–Kier alpha value is -1.65. The molecule has 0 bridgehead atoms. The molecule has 8 heteroatoms. The van der Waals surface area contributed by atoms with E-state index in [1.807, 2.05) is 6.07 Å². The third kappa shape index (κ3) is 9.03. The molecule has 0 unspecified atom stereocenters. The molecule has 1 aliphatic rings. The third-order valence-corrected chi connectivity index (χ3v) is 4.39. The number of ether oxygens (including phenoxy) is 1. The molecule has 7 nitrogen and oxygen atoms in total. The normalized spacial score (nSPS) is 15.4. The summed E-state index contributed by atoms with van der Waals surface area (Å²) < 4.78 is 4.92. The van der Waals surface area contributed by atoms with E-state index in [9.17, 15) is 4.79 Å². The van der Waals surface area contributed by atoms with Crippen LogP contribution in [0.25, 0.3) is 6.08 Å². The second kappa shape index (κ2) is 14.4. The van der Waals surface area contributed by atoms with Crippen LogP contribution < -0.4 is 10.6 Å². The van der Waals surface area contributed by atoms with Crippen LogP contribution in [0.15, 0.2) is 41.4 Å². The van der Waals surface area contributed by atoms with Crippen LogP contribution in [0.4, 0.5) is 0 Å². The zero-order valence-electron chi connectivity index (χ0n) is 16.8. The Labute approximate surface area is 185 Å². The molecule has 0 saturated carbocycles. The van der Waals surface area contributed by atoms with Gasteiger partial charge in [-0.3, -0.25) is 14.7 Å². The number of rotatable bonds is 8. The van der Waals surface area contributed by atoms with E-state index in [0.29, 0.717) is 13.2 Å². The summed E-state index contributed by atoms with van der Waals surface area (Å²) in [5.74, 6) is 0.717. The maximum absolute atomic E-state index is 11.8. The summed E-state index contributed by atoms with van der Waals surface area (Å²) in [4.78, 5) is 20.7. The van der Waals surface area contributed by atoms with Crippen LogP contribution in [0, 0.1) is 0 Å². The molecule has 1 amide bonds.